The van der Waals surface area contributed by atoms with Gasteiger partial charge in [-0.1, -0.05) is 36.4 Å². The van der Waals surface area contributed by atoms with Crippen LogP contribution in [-0.4, -0.2) is 38.9 Å². The fourth-order valence-electron chi connectivity index (χ4n) is 2.84. The van der Waals surface area contributed by atoms with Gasteiger partial charge in [-0.3, -0.25) is 9.78 Å². The van der Waals surface area contributed by atoms with E-state index < -0.39 is 29.6 Å². The van der Waals surface area contributed by atoms with Gasteiger partial charge in [-0.25, -0.2) is 9.59 Å². The number of aliphatic hydroxyl groups is 2. The van der Waals surface area contributed by atoms with Gasteiger partial charge in [0.25, 0.3) is 5.56 Å². The molecule has 1 aromatic heterocycles. The fraction of sp³-hybridized carbons (Fsp3) is 0.250. The number of alkyl carbamates (subject to hydrolysis) is 1. The van der Waals surface area contributed by atoms with Crippen LogP contribution in [0.4, 0.5) is 4.79 Å². The summed E-state index contributed by atoms with van der Waals surface area (Å²) >= 11 is 0. The average molecular weight is 399 g/mol. The average Bonchev–Trinajstić information content (AvgIpc) is 2.72. The third-order valence-electron chi connectivity index (χ3n) is 4.39. The molecule has 3 rings (SSSR count). The Hall–Kier alpha value is -3.43. The summed E-state index contributed by atoms with van der Waals surface area (Å²) < 4.78 is 5.06. The van der Waals surface area contributed by atoms with Gasteiger partial charge in [-0.05, 0) is 29.7 Å². The minimum absolute atomic E-state index is 0.0711. The number of fused-ring (bicyclic) bond motifs is 1. The van der Waals surface area contributed by atoms with Crippen LogP contribution in [0.5, 0.6) is 0 Å². The van der Waals surface area contributed by atoms with E-state index in [9.17, 15) is 24.6 Å². The Morgan fingerprint density at radius 3 is 2.59 bits per heavy atom. The third-order valence-corrected chi connectivity index (χ3v) is 4.39. The first-order chi connectivity index (χ1) is 13.9. The molecule has 1 amide bonds. The highest BCUT2D eigenvalue weighted by Crippen LogP contribution is 2.21. The number of carbonyl (C=O) groups is 1. The number of benzene rings is 2. The second-order valence-electron chi connectivity index (χ2n) is 6.50. The van der Waals surface area contributed by atoms with Crippen molar-refractivity contribution in [2.75, 3.05) is 6.54 Å². The molecule has 29 heavy (non-hydrogen) atoms. The van der Waals surface area contributed by atoms with Gasteiger partial charge in [0, 0.05) is 6.54 Å². The lowest BCUT2D eigenvalue weighted by Gasteiger charge is -2.18. The van der Waals surface area contributed by atoms with Crippen molar-refractivity contribution < 1.29 is 19.7 Å². The van der Waals surface area contributed by atoms with Crippen molar-refractivity contribution >= 4 is 17.0 Å². The molecule has 0 aliphatic heterocycles. The highest BCUT2D eigenvalue weighted by atomic mass is 16.5. The molecule has 2 aromatic carbocycles. The van der Waals surface area contributed by atoms with E-state index in [0.717, 1.165) is 5.56 Å². The van der Waals surface area contributed by atoms with Crippen molar-refractivity contribution in [2.45, 2.75) is 25.2 Å². The van der Waals surface area contributed by atoms with Crippen LogP contribution in [-0.2, 0) is 11.3 Å². The number of rotatable bonds is 7. The minimum Gasteiger partial charge on any atom is -0.445 e. The number of carbonyl (C=O) groups excluding carboxylic acids is 1. The molecule has 0 saturated heterocycles. The lowest BCUT2D eigenvalue weighted by atomic mass is 10.0. The van der Waals surface area contributed by atoms with E-state index in [4.69, 9.17) is 4.74 Å². The first-order valence-corrected chi connectivity index (χ1v) is 9.01. The molecular weight excluding hydrogens is 378 g/mol. The van der Waals surface area contributed by atoms with E-state index in [1.165, 1.54) is 18.2 Å². The molecule has 2 unspecified atom stereocenters. The molecule has 0 radical (unpaired) electrons. The van der Waals surface area contributed by atoms with Crippen molar-refractivity contribution in [3.05, 3.63) is 80.5 Å². The number of hydrogen-bond acceptors (Lipinski definition) is 6. The molecule has 0 aliphatic rings. The van der Waals surface area contributed by atoms with Gasteiger partial charge in [-0.15, -0.1) is 0 Å². The number of hydrogen-bond donors (Lipinski definition) is 5. The van der Waals surface area contributed by atoms with Crippen molar-refractivity contribution in [3.8, 4) is 0 Å². The van der Waals surface area contributed by atoms with Crippen molar-refractivity contribution in [1.29, 1.82) is 0 Å². The molecule has 1 heterocycles. The van der Waals surface area contributed by atoms with Gasteiger partial charge in [0.1, 0.15) is 12.7 Å². The molecular formula is C20H21N3O6. The lowest BCUT2D eigenvalue weighted by molar-refractivity contribution is 0.0137. The van der Waals surface area contributed by atoms with Crippen LogP contribution in [0.25, 0.3) is 10.9 Å². The Labute approximate surface area is 165 Å². The predicted octanol–water partition coefficient (Wildman–Crippen LogP) is 0.927. The van der Waals surface area contributed by atoms with E-state index in [1.54, 1.807) is 0 Å². The topological polar surface area (TPSA) is 145 Å². The second-order valence-corrected chi connectivity index (χ2v) is 6.50. The number of ether oxygens (including phenoxy) is 1. The summed E-state index contributed by atoms with van der Waals surface area (Å²) in [5, 5.41) is 23.2. The normalized spacial score (nSPS) is 13.0. The SMILES string of the molecule is O=C(NCCC(O)C(O)c1ccc2[nH]c(=O)[nH]c(=O)c2c1)OCc1ccccc1. The summed E-state index contributed by atoms with van der Waals surface area (Å²) in [4.78, 5) is 39.5. The van der Waals surface area contributed by atoms with Gasteiger partial charge < -0.3 is 25.3 Å². The zero-order valence-corrected chi connectivity index (χ0v) is 15.4. The summed E-state index contributed by atoms with van der Waals surface area (Å²) in [6, 6.07) is 13.6. The molecule has 5 N–H and O–H groups in total. The summed E-state index contributed by atoms with van der Waals surface area (Å²) in [6.07, 6.45) is -3.00. The molecule has 9 heteroatoms. The van der Waals surface area contributed by atoms with Crippen LogP contribution in [0.1, 0.15) is 23.7 Å². The first kappa shape index (κ1) is 20.3. The number of aliphatic hydroxyl groups excluding tert-OH is 2. The largest absolute Gasteiger partial charge is 0.445 e. The Kier molecular flexibility index (Phi) is 6.43. The van der Waals surface area contributed by atoms with Crippen LogP contribution in [0.2, 0.25) is 0 Å². The van der Waals surface area contributed by atoms with E-state index in [-0.39, 0.29) is 25.0 Å². The molecule has 0 spiro atoms. The molecule has 9 nitrogen and oxygen atoms in total. The highest BCUT2D eigenvalue weighted by Gasteiger charge is 2.19. The number of H-pyrrole nitrogens is 2. The fourth-order valence-corrected chi connectivity index (χ4v) is 2.84. The van der Waals surface area contributed by atoms with E-state index in [1.807, 2.05) is 30.3 Å². The smallest absolute Gasteiger partial charge is 0.407 e. The Morgan fingerprint density at radius 1 is 1.07 bits per heavy atom. The maximum atomic E-state index is 11.9. The third kappa shape index (κ3) is 5.31. The quantitative estimate of drug-likeness (QED) is 0.400. The van der Waals surface area contributed by atoms with Crippen LogP contribution < -0.4 is 16.6 Å². The Morgan fingerprint density at radius 2 is 1.83 bits per heavy atom. The molecule has 0 bridgehead atoms. The highest BCUT2D eigenvalue weighted by molar-refractivity contribution is 5.78. The molecule has 0 aliphatic carbocycles. The molecule has 3 aromatic rings. The summed E-state index contributed by atoms with van der Waals surface area (Å²) in [7, 11) is 0. The summed E-state index contributed by atoms with van der Waals surface area (Å²) in [5.41, 5.74) is 0.281. The Bertz CT molecular complexity index is 1090. The van der Waals surface area contributed by atoms with Crippen molar-refractivity contribution in [2.24, 2.45) is 0 Å². The number of aromatic nitrogens is 2. The Balaban J connectivity index is 1.52. The summed E-state index contributed by atoms with van der Waals surface area (Å²) in [5.74, 6) is 0. The maximum Gasteiger partial charge on any atom is 0.407 e. The van der Waals surface area contributed by atoms with E-state index >= 15 is 0 Å². The molecule has 0 saturated carbocycles. The van der Waals surface area contributed by atoms with E-state index in [0.29, 0.717) is 11.1 Å². The van der Waals surface area contributed by atoms with E-state index in [2.05, 4.69) is 15.3 Å². The van der Waals surface area contributed by atoms with Crippen LogP contribution in [0, 0.1) is 0 Å². The monoisotopic (exact) mass is 399 g/mol. The second kappa shape index (κ2) is 9.18. The molecule has 2 atom stereocenters. The predicted molar refractivity (Wildman–Crippen MR) is 105 cm³/mol. The molecule has 0 fully saturated rings. The van der Waals surface area contributed by atoms with Crippen molar-refractivity contribution in [1.82, 2.24) is 15.3 Å². The standard InChI is InChI=1S/C20H21N3O6/c24-16(8-9-21-20(28)29-11-12-4-2-1-3-5-12)17(25)13-6-7-15-14(10-13)18(26)23-19(27)22-15/h1-7,10,16-17,24-25H,8-9,11H2,(H,21,28)(H2,22,23,26,27). The van der Waals surface area contributed by atoms with Crippen LogP contribution in [0.3, 0.4) is 0 Å². The van der Waals surface area contributed by atoms with Crippen molar-refractivity contribution in [3.63, 3.8) is 0 Å². The van der Waals surface area contributed by atoms with Crippen LogP contribution >= 0.6 is 0 Å². The number of aromatic amines is 2. The summed E-state index contributed by atoms with van der Waals surface area (Å²) in [6.45, 7) is 0.221. The van der Waals surface area contributed by atoms with Crippen LogP contribution in [0.15, 0.2) is 58.1 Å². The van der Waals surface area contributed by atoms with Gasteiger partial charge in [0.15, 0.2) is 0 Å². The molecule has 152 valence electrons. The lowest BCUT2D eigenvalue weighted by Crippen LogP contribution is -2.30. The van der Waals surface area contributed by atoms with Gasteiger partial charge in [0.05, 0.1) is 17.0 Å². The number of nitrogens with one attached hydrogen (secondary N) is 3. The first-order valence-electron chi connectivity index (χ1n) is 9.01. The maximum absolute atomic E-state index is 11.9. The zero-order valence-electron chi connectivity index (χ0n) is 15.4. The van der Waals surface area contributed by atoms with Gasteiger partial charge >= 0.3 is 11.8 Å². The number of amides is 1. The van der Waals surface area contributed by atoms with Gasteiger partial charge in [0.2, 0.25) is 0 Å². The zero-order chi connectivity index (χ0) is 20.8. The van der Waals surface area contributed by atoms with Gasteiger partial charge in [-0.2, -0.15) is 0 Å². The minimum atomic E-state index is -1.27.